The van der Waals surface area contributed by atoms with E-state index in [1.165, 1.54) is 0 Å². The molecule has 1 N–H and O–H groups in total. The maximum absolute atomic E-state index is 12.3. The molecule has 0 unspecified atom stereocenters. The molecule has 0 saturated heterocycles. The van der Waals surface area contributed by atoms with E-state index in [2.05, 4.69) is 148 Å². The van der Waals surface area contributed by atoms with Gasteiger partial charge in [-0.05, 0) is 66.6 Å². The molecule has 10 heteroatoms. The Kier molecular flexibility index (Phi) is 13.1. The van der Waals surface area contributed by atoms with Gasteiger partial charge in [-0.3, -0.25) is 4.98 Å². The maximum atomic E-state index is 12.3. The molecule has 0 aliphatic carbocycles. The number of hydrogen-bond acceptors (Lipinski definition) is 5. The average Bonchev–Trinajstić information content (AvgIpc) is 4.20. The van der Waals surface area contributed by atoms with E-state index in [9.17, 15) is 16.9 Å². The fourth-order valence-electron chi connectivity index (χ4n) is 11.0. The summed E-state index contributed by atoms with van der Waals surface area (Å²) in [5, 5.41) is 26.8. The van der Waals surface area contributed by atoms with E-state index in [0.29, 0.717) is 39.1 Å². The molecule has 364 valence electrons. The predicted octanol–water partition coefficient (Wildman–Crippen LogP) is 9.66. The van der Waals surface area contributed by atoms with Crippen LogP contribution in [0.1, 0.15) is 17.0 Å². The number of nitrogens with zero attached hydrogens (tertiary/aromatic N) is 6. The van der Waals surface area contributed by atoms with Crippen molar-refractivity contribution in [3.05, 3.63) is 282 Å². The molecule has 0 aliphatic heterocycles. The molecule has 0 fully saturated rings. The molecule has 0 spiro atoms. The summed E-state index contributed by atoms with van der Waals surface area (Å²) in [5.74, 6) is 0.588. The third-order valence-electron chi connectivity index (χ3n) is 14.4. The van der Waals surface area contributed by atoms with Crippen LogP contribution in [-0.2, 0) is 0 Å². The monoisotopic (exact) mass is 990 g/mol. The lowest BCUT2D eigenvalue weighted by Gasteiger charge is -2.25. The molecule has 0 saturated carbocycles. The van der Waals surface area contributed by atoms with Crippen molar-refractivity contribution in [2.75, 3.05) is 13.2 Å². The second kappa shape index (κ2) is 21.1. The standard InChI is InChI=1S/C67H48B2N6O2/c1-46-21-15-18-32-55(46)65-62-61(66(56(45-70)59-41-37-47-22-16-19-33-57(47)72-59)75(65)69(52-28-11-5-12-29-52)53-30-13-6-14-31-53)64(49-35-39-54(40-36-49)77-44-43-76)74(68(50-24-7-3-8-25-50)51-26-9-4-10-27-51)67(62)63(71-2)60-42-38-48-23-17-20-34-58(48)73-60/h3-42,76H,43-44H2,1H3/b66-56-,67-63+. The Balaban J connectivity index is 1.44. The average molecular weight is 991 g/mol. The van der Waals surface area contributed by atoms with Crippen LogP contribution >= 0.6 is 0 Å². The van der Waals surface area contributed by atoms with Crippen LogP contribution in [0, 0.1) is 24.8 Å². The molecule has 4 heterocycles. The highest BCUT2D eigenvalue weighted by molar-refractivity contribution is 6.85. The van der Waals surface area contributed by atoms with E-state index < -0.39 is 13.7 Å². The topological polar surface area (TPSA) is 93.2 Å². The quantitative estimate of drug-likeness (QED) is 0.0918. The molecule has 77 heavy (non-hydrogen) atoms. The van der Waals surface area contributed by atoms with Gasteiger partial charge in [0.2, 0.25) is 5.70 Å². The molecule has 12 rings (SSSR count). The number of aliphatic hydroxyl groups is 1. The zero-order valence-electron chi connectivity index (χ0n) is 42.2. The van der Waals surface area contributed by atoms with Crippen LogP contribution < -0.4 is 37.3 Å². The van der Waals surface area contributed by atoms with E-state index >= 15 is 0 Å². The molecule has 0 amide bonds. The summed E-state index contributed by atoms with van der Waals surface area (Å²) in [6, 6.07) is 84.8. The number of aliphatic hydroxyl groups excluding tert-OH is 1. The van der Waals surface area contributed by atoms with E-state index in [0.717, 1.165) is 82.5 Å². The minimum Gasteiger partial charge on any atom is -0.491 e. The lowest BCUT2D eigenvalue weighted by molar-refractivity contribution is 0.201. The third kappa shape index (κ3) is 8.83. The van der Waals surface area contributed by atoms with Crippen LogP contribution in [0.15, 0.2) is 243 Å². The fourth-order valence-corrected chi connectivity index (χ4v) is 11.0. The number of fused-ring (bicyclic) bond motifs is 3. The fraction of sp³-hybridized carbons (Fsp3) is 0.0448. The number of nitriles is 1. The number of hydrogen-bond donors (Lipinski definition) is 1. The van der Waals surface area contributed by atoms with Gasteiger partial charge in [0.15, 0.2) is 0 Å². The largest absolute Gasteiger partial charge is 0.491 e. The third-order valence-corrected chi connectivity index (χ3v) is 14.4. The lowest BCUT2D eigenvalue weighted by Crippen LogP contribution is -2.54. The van der Waals surface area contributed by atoms with Crippen LogP contribution in [0.2, 0.25) is 0 Å². The molecule has 0 aliphatic rings. The van der Waals surface area contributed by atoms with Crippen LogP contribution in [0.4, 0.5) is 0 Å². The normalized spacial score (nSPS) is 12.0. The molecular formula is C67H48B2N6O2. The zero-order valence-corrected chi connectivity index (χ0v) is 42.2. The first-order valence-electron chi connectivity index (χ1n) is 25.7. The van der Waals surface area contributed by atoms with Gasteiger partial charge in [-0.1, -0.05) is 216 Å². The van der Waals surface area contributed by atoms with Gasteiger partial charge >= 0.3 is 13.7 Å². The van der Waals surface area contributed by atoms with Crippen molar-refractivity contribution in [1.82, 2.24) is 18.9 Å². The molecule has 0 bridgehead atoms. The van der Waals surface area contributed by atoms with Crippen LogP contribution in [0.25, 0.3) is 71.2 Å². The van der Waals surface area contributed by atoms with Crippen LogP contribution in [-0.4, -0.2) is 50.9 Å². The Bertz CT molecular complexity index is 4180. The van der Waals surface area contributed by atoms with Crippen molar-refractivity contribution >= 4 is 79.4 Å². The molecule has 0 atom stereocenters. The molecule has 12 aromatic rings. The molecule has 8 nitrogen and oxygen atoms in total. The highest BCUT2D eigenvalue weighted by Gasteiger charge is 2.37. The Hall–Kier alpha value is -9.99. The van der Waals surface area contributed by atoms with Gasteiger partial charge in [0.1, 0.15) is 24.0 Å². The van der Waals surface area contributed by atoms with Gasteiger partial charge in [-0.2, -0.15) is 5.26 Å². The second-order valence-electron chi connectivity index (χ2n) is 19.0. The number of pyridine rings is 2. The van der Waals surface area contributed by atoms with E-state index in [-0.39, 0.29) is 13.2 Å². The van der Waals surface area contributed by atoms with Crippen molar-refractivity contribution in [2.24, 2.45) is 0 Å². The summed E-state index contributed by atoms with van der Waals surface area (Å²) in [6.07, 6.45) is 0. The molecule has 8 aromatic carbocycles. The van der Waals surface area contributed by atoms with Gasteiger partial charge < -0.3 is 18.8 Å². The Morgan fingerprint density at radius 1 is 0.532 bits per heavy atom. The smallest absolute Gasteiger partial charge is 0.328 e. The maximum Gasteiger partial charge on any atom is 0.328 e. The molecule has 4 aromatic heterocycles. The zero-order chi connectivity index (χ0) is 52.2. The number of aryl methyl sites for hydroxylation is 1. The van der Waals surface area contributed by atoms with Crippen molar-refractivity contribution in [2.45, 2.75) is 6.92 Å². The summed E-state index contributed by atoms with van der Waals surface area (Å²) < 4.78 is 10.7. The summed E-state index contributed by atoms with van der Waals surface area (Å²) >= 11 is 0. The highest BCUT2D eigenvalue weighted by atomic mass is 16.5. The number of aromatic nitrogens is 4. The Morgan fingerprint density at radius 3 is 1.49 bits per heavy atom. The van der Waals surface area contributed by atoms with Crippen LogP contribution in [0.3, 0.4) is 0 Å². The van der Waals surface area contributed by atoms with Gasteiger partial charge in [-0.15, -0.1) is 0 Å². The molecular weight excluding hydrogens is 942 g/mol. The van der Waals surface area contributed by atoms with Crippen molar-refractivity contribution in [3.63, 3.8) is 0 Å². The lowest BCUT2D eigenvalue weighted by atomic mass is 9.50. The van der Waals surface area contributed by atoms with E-state index in [1.54, 1.807) is 0 Å². The second-order valence-corrected chi connectivity index (χ2v) is 19.0. The summed E-state index contributed by atoms with van der Waals surface area (Å²) in [7, 11) is 0. The number of para-hydroxylation sites is 2. The Morgan fingerprint density at radius 2 is 0.987 bits per heavy atom. The minimum atomic E-state index is -0.535. The first-order valence-corrected chi connectivity index (χ1v) is 25.7. The van der Waals surface area contributed by atoms with E-state index in [4.69, 9.17) is 14.7 Å². The first-order chi connectivity index (χ1) is 38.0. The van der Waals surface area contributed by atoms with Crippen molar-refractivity contribution in [1.29, 1.82) is 5.26 Å². The van der Waals surface area contributed by atoms with Gasteiger partial charge in [-0.25, -0.2) is 9.83 Å². The van der Waals surface area contributed by atoms with Gasteiger partial charge in [0.05, 0.1) is 40.9 Å². The minimum absolute atomic E-state index is 0.128. The SMILES string of the molecule is [C-]#[N+]/C(c1ccc2ccccc2n1)=c1\c2c(-c3ccccc3C)n(B(c3ccccc3)c3ccccc3)/c(=C(/C#N)c3ccc4ccccc4n3)c2c(-c2ccc(OCCO)cc2)n1B(c1ccccc1)c1ccccc1. The summed E-state index contributed by atoms with van der Waals surface area (Å²) in [4.78, 5) is 15.3. The van der Waals surface area contributed by atoms with Gasteiger partial charge in [0, 0.05) is 43.8 Å². The molecule has 0 radical (unpaired) electrons. The summed E-state index contributed by atoms with van der Waals surface area (Å²) in [5.41, 5.74) is 11.5. The first kappa shape index (κ1) is 48.0. The number of benzene rings is 8. The van der Waals surface area contributed by atoms with E-state index in [1.807, 2.05) is 121 Å². The van der Waals surface area contributed by atoms with Crippen LogP contribution in [0.5, 0.6) is 5.75 Å². The summed E-state index contributed by atoms with van der Waals surface area (Å²) in [6.45, 7) is 10.6. The number of rotatable bonds is 13. The van der Waals surface area contributed by atoms with Gasteiger partial charge in [0.25, 0.3) is 0 Å². The van der Waals surface area contributed by atoms with Crippen molar-refractivity contribution in [3.8, 4) is 34.3 Å². The van der Waals surface area contributed by atoms with Crippen molar-refractivity contribution < 1.29 is 9.84 Å². The predicted molar refractivity (Wildman–Crippen MR) is 315 cm³/mol. The number of ether oxygens (including phenoxy) is 1. The Labute approximate surface area is 447 Å². The highest BCUT2D eigenvalue weighted by Crippen LogP contribution is 2.38.